The number of halogens is 2. The van der Waals surface area contributed by atoms with E-state index in [1.807, 2.05) is 0 Å². The van der Waals surface area contributed by atoms with Crippen LogP contribution in [0, 0.1) is 0 Å². The Morgan fingerprint density at radius 2 is 1.96 bits per heavy atom. The Morgan fingerprint density at radius 1 is 1.26 bits per heavy atom. The smallest absolute Gasteiger partial charge is 0.0642 e. The van der Waals surface area contributed by atoms with Gasteiger partial charge in [0.2, 0.25) is 0 Å². The Kier molecular flexibility index (Phi) is 7.63. The predicted molar refractivity (Wildman–Crippen MR) is 102 cm³/mol. The van der Waals surface area contributed by atoms with E-state index in [4.69, 9.17) is 4.74 Å². The third kappa shape index (κ3) is 5.07. The second-order valence-corrected chi connectivity index (χ2v) is 7.18. The molecular formula is C17H27BrClN3O. The highest BCUT2D eigenvalue weighted by Gasteiger charge is 2.20. The summed E-state index contributed by atoms with van der Waals surface area (Å²) in [5.41, 5.74) is 2.78. The molecule has 0 unspecified atom stereocenters. The first-order chi connectivity index (χ1) is 10.7. The molecule has 3 rings (SSSR count). The summed E-state index contributed by atoms with van der Waals surface area (Å²) in [5.74, 6) is 0. The fraction of sp³-hybridized carbons (Fsp3) is 0.647. The number of nitrogens with zero attached hydrogens (tertiary/aromatic N) is 2. The molecule has 2 aliphatic heterocycles. The molecule has 130 valence electrons. The van der Waals surface area contributed by atoms with E-state index in [1.54, 1.807) is 0 Å². The molecule has 2 fully saturated rings. The molecule has 0 bridgehead atoms. The van der Waals surface area contributed by atoms with Crippen molar-refractivity contribution >= 4 is 34.0 Å². The van der Waals surface area contributed by atoms with Crippen LogP contribution < -0.4 is 10.2 Å². The summed E-state index contributed by atoms with van der Waals surface area (Å²) >= 11 is 3.63. The van der Waals surface area contributed by atoms with Crippen molar-refractivity contribution in [3.05, 3.63) is 28.2 Å². The molecule has 1 N–H and O–H groups in total. The Balaban J connectivity index is 0.00000192. The lowest BCUT2D eigenvalue weighted by Crippen LogP contribution is -2.41. The van der Waals surface area contributed by atoms with E-state index < -0.39 is 0 Å². The summed E-state index contributed by atoms with van der Waals surface area (Å²) in [6.07, 6.45) is 2.50. The van der Waals surface area contributed by atoms with E-state index in [0.29, 0.717) is 6.04 Å². The van der Waals surface area contributed by atoms with Crippen molar-refractivity contribution in [1.29, 1.82) is 0 Å². The van der Waals surface area contributed by atoms with Crippen LogP contribution in [0.5, 0.6) is 0 Å². The van der Waals surface area contributed by atoms with Gasteiger partial charge < -0.3 is 15.0 Å². The summed E-state index contributed by atoms with van der Waals surface area (Å²) in [4.78, 5) is 4.98. The standard InChI is InChI=1S/C17H26BrN3O.ClH/c1-20(16-4-6-19-7-5-16)13-14-2-3-15(18)12-17(14)21-8-10-22-11-9-21;/h2-3,12,16,19H,4-11,13H2,1H3;1H. The quantitative estimate of drug-likeness (QED) is 0.835. The van der Waals surface area contributed by atoms with Crippen molar-refractivity contribution in [2.75, 3.05) is 51.3 Å². The summed E-state index contributed by atoms with van der Waals surface area (Å²) in [6.45, 7) is 6.94. The van der Waals surface area contributed by atoms with Crippen LogP contribution in [0.3, 0.4) is 0 Å². The van der Waals surface area contributed by atoms with Crippen LogP contribution in [0.4, 0.5) is 5.69 Å². The molecule has 0 spiro atoms. The molecule has 0 atom stereocenters. The van der Waals surface area contributed by atoms with Gasteiger partial charge in [-0.05, 0) is 50.7 Å². The number of rotatable bonds is 4. The van der Waals surface area contributed by atoms with Gasteiger partial charge in [0, 0.05) is 35.8 Å². The molecule has 2 aliphatic rings. The van der Waals surface area contributed by atoms with Crippen LogP contribution in [0.2, 0.25) is 0 Å². The van der Waals surface area contributed by atoms with Gasteiger partial charge in [0.15, 0.2) is 0 Å². The molecule has 2 saturated heterocycles. The molecule has 0 radical (unpaired) electrons. The van der Waals surface area contributed by atoms with Crippen LogP contribution in [-0.4, -0.2) is 57.4 Å². The zero-order chi connectivity index (χ0) is 15.4. The van der Waals surface area contributed by atoms with Gasteiger partial charge in [-0.15, -0.1) is 12.4 Å². The molecule has 1 aromatic rings. The normalized spacial score (nSPS) is 19.7. The second-order valence-electron chi connectivity index (χ2n) is 6.27. The van der Waals surface area contributed by atoms with Crippen LogP contribution in [0.15, 0.2) is 22.7 Å². The van der Waals surface area contributed by atoms with E-state index >= 15 is 0 Å². The Bertz CT molecular complexity index is 491. The first-order valence-corrected chi connectivity index (χ1v) is 9.05. The Labute approximate surface area is 154 Å². The average Bonchev–Trinajstić information content (AvgIpc) is 2.58. The van der Waals surface area contributed by atoms with E-state index in [1.165, 1.54) is 24.1 Å². The number of piperidine rings is 1. The third-order valence-electron chi connectivity index (χ3n) is 4.75. The maximum absolute atomic E-state index is 5.50. The van der Waals surface area contributed by atoms with E-state index in [0.717, 1.165) is 50.4 Å². The van der Waals surface area contributed by atoms with Crippen LogP contribution in [0.25, 0.3) is 0 Å². The lowest BCUT2D eigenvalue weighted by atomic mass is 10.0. The fourth-order valence-corrected chi connectivity index (χ4v) is 3.76. The molecule has 23 heavy (non-hydrogen) atoms. The third-order valence-corrected chi connectivity index (χ3v) is 5.24. The monoisotopic (exact) mass is 403 g/mol. The van der Waals surface area contributed by atoms with Gasteiger partial charge in [0.25, 0.3) is 0 Å². The van der Waals surface area contributed by atoms with Crippen molar-refractivity contribution in [3.63, 3.8) is 0 Å². The number of benzene rings is 1. The fourth-order valence-electron chi connectivity index (χ4n) is 3.41. The molecule has 2 heterocycles. The molecule has 1 aromatic carbocycles. The van der Waals surface area contributed by atoms with Gasteiger partial charge in [-0.2, -0.15) is 0 Å². The van der Waals surface area contributed by atoms with Crippen LogP contribution in [0.1, 0.15) is 18.4 Å². The molecule has 0 aliphatic carbocycles. The number of hydrogen-bond donors (Lipinski definition) is 1. The summed E-state index contributed by atoms with van der Waals surface area (Å²) in [5, 5.41) is 3.45. The number of nitrogens with one attached hydrogen (secondary N) is 1. The zero-order valence-electron chi connectivity index (χ0n) is 13.8. The Hall–Kier alpha value is -0.330. The zero-order valence-corrected chi connectivity index (χ0v) is 16.2. The molecule has 4 nitrogen and oxygen atoms in total. The van der Waals surface area contributed by atoms with Gasteiger partial charge in [-0.1, -0.05) is 22.0 Å². The second kappa shape index (κ2) is 9.23. The molecule has 0 saturated carbocycles. The lowest BCUT2D eigenvalue weighted by molar-refractivity contribution is 0.122. The maximum atomic E-state index is 5.50. The van der Waals surface area contributed by atoms with Gasteiger partial charge in [0.1, 0.15) is 0 Å². The van der Waals surface area contributed by atoms with E-state index in [-0.39, 0.29) is 12.4 Å². The van der Waals surface area contributed by atoms with Gasteiger partial charge in [0.05, 0.1) is 13.2 Å². The number of ether oxygens (including phenoxy) is 1. The topological polar surface area (TPSA) is 27.7 Å². The van der Waals surface area contributed by atoms with E-state index in [9.17, 15) is 0 Å². The first kappa shape index (κ1) is 19.0. The summed E-state index contributed by atoms with van der Waals surface area (Å²) in [7, 11) is 2.27. The minimum Gasteiger partial charge on any atom is -0.378 e. The largest absolute Gasteiger partial charge is 0.378 e. The number of anilines is 1. The summed E-state index contributed by atoms with van der Waals surface area (Å²) < 4.78 is 6.65. The highest BCUT2D eigenvalue weighted by Crippen LogP contribution is 2.28. The SMILES string of the molecule is CN(Cc1ccc(Br)cc1N1CCOCC1)C1CCNCC1.Cl. The Morgan fingerprint density at radius 3 is 2.65 bits per heavy atom. The van der Waals surface area contributed by atoms with E-state index in [2.05, 4.69) is 56.3 Å². The highest BCUT2D eigenvalue weighted by molar-refractivity contribution is 9.10. The molecule has 6 heteroatoms. The van der Waals surface area contributed by atoms with Crippen molar-refractivity contribution in [1.82, 2.24) is 10.2 Å². The van der Waals surface area contributed by atoms with Crippen LogP contribution in [-0.2, 0) is 11.3 Å². The van der Waals surface area contributed by atoms with Crippen molar-refractivity contribution < 1.29 is 4.74 Å². The van der Waals surface area contributed by atoms with Gasteiger partial charge in [-0.3, -0.25) is 4.90 Å². The summed E-state index contributed by atoms with van der Waals surface area (Å²) in [6, 6.07) is 7.39. The lowest BCUT2D eigenvalue weighted by Gasteiger charge is -2.34. The molecular weight excluding hydrogens is 378 g/mol. The maximum Gasteiger partial charge on any atom is 0.0642 e. The van der Waals surface area contributed by atoms with Crippen LogP contribution >= 0.6 is 28.3 Å². The van der Waals surface area contributed by atoms with Crippen molar-refractivity contribution in [2.45, 2.75) is 25.4 Å². The number of morpholine rings is 1. The van der Waals surface area contributed by atoms with Crippen molar-refractivity contribution in [2.24, 2.45) is 0 Å². The predicted octanol–water partition coefficient (Wildman–Crippen LogP) is 2.89. The average molecular weight is 405 g/mol. The first-order valence-electron chi connectivity index (χ1n) is 8.26. The molecule has 0 amide bonds. The van der Waals surface area contributed by atoms with Gasteiger partial charge in [-0.25, -0.2) is 0 Å². The minimum atomic E-state index is 0. The minimum absolute atomic E-state index is 0. The molecule has 0 aromatic heterocycles. The van der Waals surface area contributed by atoms with Crippen molar-refractivity contribution in [3.8, 4) is 0 Å². The highest BCUT2D eigenvalue weighted by atomic mass is 79.9. The number of hydrogen-bond acceptors (Lipinski definition) is 4. The van der Waals surface area contributed by atoms with Gasteiger partial charge >= 0.3 is 0 Å².